The van der Waals surface area contributed by atoms with Crippen molar-refractivity contribution >= 4 is 5.65 Å². The summed E-state index contributed by atoms with van der Waals surface area (Å²) in [4.78, 5) is 8.43. The van der Waals surface area contributed by atoms with E-state index in [4.69, 9.17) is 0 Å². The molecule has 100 valence electrons. The number of aryl methyl sites for hydroxylation is 1. The summed E-state index contributed by atoms with van der Waals surface area (Å²) in [5.41, 5.74) is 3.25. The Morgan fingerprint density at radius 2 is 2.26 bits per heavy atom. The lowest BCUT2D eigenvalue weighted by atomic mass is 9.97. The standard InChI is InChI=1S/C13H16N4O2/c1-7-9(3-12(19)10(7)5-18)11-4-14-13-8(2)15-6-16-17(11)13/h4,6,9-10,12,18-19H,1,3,5H2,2H3/t9-,10-,12-/m0/s1. The van der Waals surface area contributed by atoms with E-state index >= 15 is 0 Å². The van der Waals surface area contributed by atoms with Crippen LogP contribution >= 0.6 is 0 Å². The highest BCUT2D eigenvalue weighted by atomic mass is 16.3. The van der Waals surface area contributed by atoms with Gasteiger partial charge in [-0.1, -0.05) is 12.2 Å². The first kappa shape index (κ1) is 12.3. The van der Waals surface area contributed by atoms with E-state index in [-0.39, 0.29) is 18.4 Å². The molecule has 2 heterocycles. The average molecular weight is 260 g/mol. The van der Waals surface area contributed by atoms with Crippen molar-refractivity contribution in [3.05, 3.63) is 36.1 Å². The lowest BCUT2D eigenvalue weighted by Gasteiger charge is -2.13. The van der Waals surface area contributed by atoms with Gasteiger partial charge < -0.3 is 10.2 Å². The lowest BCUT2D eigenvalue weighted by molar-refractivity contribution is 0.102. The van der Waals surface area contributed by atoms with Crippen LogP contribution in [0.25, 0.3) is 5.65 Å². The van der Waals surface area contributed by atoms with Crippen LogP contribution < -0.4 is 0 Å². The summed E-state index contributed by atoms with van der Waals surface area (Å²) >= 11 is 0. The smallest absolute Gasteiger partial charge is 0.175 e. The minimum absolute atomic E-state index is 0.0311. The molecule has 3 atom stereocenters. The molecule has 0 aromatic carbocycles. The zero-order valence-corrected chi connectivity index (χ0v) is 10.7. The summed E-state index contributed by atoms with van der Waals surface area (Å²) < 4.78 is 1.74. The third-order valence-electron chi connectivity index (χ3n) is 3.93. The number of aliphatic hydroxyl groups excluding tert-OH is 2. The Labute approximate surface area is 110 Å². The van der Waals surface area contributed by atoms with E-state index < -0.39 is 6.10 Å². The minimum atomic E-state index is -0.559. The molecule has 2 N–H and O–H groups in total. The second-order valence-electron chi connectivity index (χ2n) is 4.98. The summed E-state index contributed by atoms with van der Waals surface area (Å²) in [5, 5.41) is 23.5. The first-order valence-corrected chi connectivity index (χ1v) is 6.26. The summed E-state index contributed by atoms with van der Waals surface area (Å²) in [6, 6.07) is 0. The van der Waals surface area contributed by atoms with Crippen molar-refractivity contribution in [1.82, 2.24) is 19.6 Å². The molecule has 19 heavy (non-hydrogen) atoms. The molecule has 0 amide bonds. The SMILES string of the molecule is C=C1[C@@H](c2cnc3c(C)ncnn23)C[C@H](O)[C@H]1CO. The van der Waals surface area contributed by atoms with Gasteiger partial charge in [-0.3, -0.25) is 0 Å². The first-order valence-electron chi connectivity index (χ1n) is 6.26. The maximum atomic E-state index is 9.97. The van der Waals surface area contributed by atoms with Crippen LogP contribution in [0.1, 0.15) is 23.7 Å². The van der Waals surface area contributed by atoms with Gasteiger partial charge in [0.2, 0.25) is 0 Å². The van der Waals surface area contributed by atoms with E-state index in [0.717, 1.165) is 17.0 Å². The highest BCUT2D eigenvalue weighted by Gasteiger charge is 2.38. The Kier molecular flexibility index (Phi) is 2.83. The minimum Gasteiger partial charge on any atom is -0.396 e. The molecule has 3 rings (SSSR count). The highest BCUT2D eigenvalue weighted by Crippen LogP contribution is 2.42. The first-order chi connectivity index (χ1) is 9.13. The maximum Gasteiger partial charge on any atom is 0.175 e. The quantitative estimate of drug-likeness (QED) is 0.766. The number of hydrogen-bond donors (Lipinski definition) is 2. The molecule has 2 aromatic heterocycles. The molecule has 0 aliphatic heterocycles. The van der Waals surface area contributed by atoms with Crippen LogP contribution in [0.15, 0.2) is 24.7 Å². The van der Waals surface area contributed by atoms with Crippen molar-refractivity contribution in [2.75, 3.05) is 6.61 Å². The Bertz CT molecular complexity index is 637. The molecule has 0 spiro atoms. The summed E-state index contributed by atoms with van der Waals surface area (Å²) in [5.74, 6) is -0.296. The Morgan fingerprint density at radius 1 is 1.47 bits per heavy atom. The number of rotatable bonds is 2. The third kappa shape index (κ3) is 1.75. The van der Waals surface area contributed by atoms with Crippen molar-refractivity contribution < 1.29 is 10.2 Å². The van der Waals surface area contributed by atoms with Gasteiger partial charge in [0, 0.05) is 11.8 Å². The molecular formula is C13H16N4O2. The van der Waals surface area contributed by atoms with Gasteiger partial charge >= 0.3 is 0 Å². The monoisotopic (exact) mass is 260 g/mol. The second kappa shape index (κ2) is 4.40. The molecule has 1 aliphatic rings. The predicted octanol–water partition coefficient (Wildman–Crippen LogP) is 0.446. The topological polar surface area (TPSA) is 83.5 Å². The van der Waals surface area contributed by atoms with Gasteiger partial charge in [-0.05, 0) is 13.3 Å². The molecule has 6 heteroatoms. The molecule has 1 aliphatic carbocycles. The van der Waals surface area contributed by atoms with Crippen LogP contribution in [-0.2, 0) is 0 Å². The van der Waals surface area contributed by atoms with Crippen LogP contribution in [0.2, 0.25) is 0 Å². The van der Waals surface area contributed by atoms with E-state index in [1.54, 1.807) is 10.7 Å². The summed E-state index contributed by atoms with van der Waals surface area (Å²) in [6.45, 7) is 5.81. The summed E-state index contributed by atoms with van der Waals surface area (Å²) in [7, 11) is 0. The van der Waals surface area contributed by atoms with Crippen LogP contribution in [0, 0.1) is 12.8 Å². The second-order valence-corrected chi connectivity index (χ2v) is 4.98. The van der Waals surface area contributed by atoms with Gasteiger partial charge in [-0.2, -0.15) is 5.10 Å². The fourth-order valence-electron chi connectivity index (χ4n) is 2.80. The molecule has 0 unspecified atom stereocenters. The average Bonchev–Trinajstić information content (AvgIpc) is 2.92. The number of nitrogens with zero attached hydrogens (tertiary/aromatic N) is 4. The summed E-state index contributed by atoms with van der Waals surface area (Å²) in [6.07, 6.45) is 3.22. The van der Waals surface area contributed by atoms with Crippen molar-refractivity contribution in [3.8, 4) is 0 Å². The molecule has 1 saturated carbocycles. The third-order valence-corrected chi connectivity index (χ3v) is 3.93. The predicted molar refractivity (Wildman–Crippen MR) is 68.6 cm³/mol. The molecule has 0 radical (unpaired) electrons. The molecule has 0 bridgehead atoms. The van der Waals surface area contributed by atoms with E-state index in [1.165, 1.54) is 6.33 Å². The van der Waals surface area contributed by atoms with E-state index in [2.05, 4.69) is 21.6 Å². The number of hydrogen-bond acceptors (Lipinski definition) is 5. The van der Waals surface area contributed by atoms with Gasteiger partial charge in [0.25, 0.3) is 0 Å². The lowest BCUT2D eigenvalue weighted by Crippen LogP contribution is -2.17. The van der Waals surface area contributed by atoms with Gasteiger partial charge in [-0.15, -0.1) is 0 Å². The Hall–Kier alpha value is -1.79. The normalized spacial score (nSPS) is 27.3. The van der Waals surface area contributed by atoms with Gasteiger partial charge in [0.15, 0.2) is 5.65 Å². The maximum absolute atomic E-state index is 9.97. The van der Waals surface area contributed by atoms with Crippen molar-refractivity contribution in [2.45, 2.75) is 25.4 Å². The Balaban J connectivity index is 2.06. The Morgan fingerprint density at radius 3 is 2.95 bits per heavy atom. The van der Waals surface area contributed by atoms with Gasteiger partial charge in [0.05, 0.1) is 30.3 Å². The zero-order valence-electron chi connectivity index (χ0n) is 10.7. The molecule has 0 saturated heterocycles. The molecule has 1 fully saturated rings. The van der Waals surface area contributed by atoms with Crippen molar-refractivity contribution in [2.24, 2.45) is 5.92 Å². The van der Waals surface area contributed by atoms with Crippen molar-refractivity contribution in [3.63, 3.8) is 0 Å². The van der Waals surface area contributed by atoms with Crippen LogP contribution in [0.3, 0.4) is 0 Å². The fraction of sp³-hybridized carbons (Fsp3) is 0.462. The number of aromatic nitrogens is 4. The van der Waals surface area contributed by atoms with E-state index in [1.807, 2.05) is 6.92 Å². The van der Waals surface area contributed by atoms with Crippen molar-refractivity contribution in [1.29, 1.82) is 0 Å². The highest BCUT2D eigenvalue weighted by molar-refractivity contribution is 5.45. The van der Waals surface area contributed by atoms with E-state index in [0.29, 0.717) is 12.1 Å². The van der Waals surface area contributed by atoms with Crippen LogP contribution in [0.4, 0.5) is 0 Å². The molecule has 2 aromatic rings. The van der Waals surface area contributed by atoms with E-state index in [9.17, 15) is 10.2 Å². The van der Waals surface area contributed by atoms with Crippen LogP contribution in [0.5, 0.6) is 0 Å². The fourth-order valence-corrected chi connectivity index (χ4v) is 2.80. The number of aliphatic hydroxyl groups is 2. The number of fused-ring (bicyclic) bond motifs is 1. The van der Waals surface area contributed by atoms with Gasteiger partial charge in [-0.25, -0.2) is 14.5 Å². The molecular weight excluding hydrogens is 244 g/mol. The largest absolute Gasteiger partial charge is 0.396 e. The molecule has 6 nitrogen and oxygen atoms in total. The zero-order chi connectivity index (χ0) is 13.6. The number of imidazole rings is 1. The van der Waals surface area contributed by atoms with Crippen LogP contribution in [-0.4, -0.2) is 42.5 Å². The van der Waals surface area contributed by atoms with Gasteiger partial charge in [0.1, 0.15) is 6.33 Å².